The van der Waals surface area contributed by atoms with Gasteiger partial charge in [-0.3, -0.25) is 9.59 Å². The number of halogens is 2. The molecule has 1 heterocycles. The van der Waals surface area contributed by atoms with Crippen molar-refractivity contribution < 1.29 is 27.4 Å². The molecule has 7 nitrogen and oxygen atoms in total. The molecular weight excluding hydrogens is 572 g/mol. The van der Waals surface area contributed by atoms with Gasteiger partial charge in [0.15, 0.2) is 0 Å². The van der Waals surface area contributed by atoms with Crippen LogP contribution in [-0.4, -0.2) is 72.8 Å². The quantitative estimate of drug-likeness (QED) is 0.124. The maximum absolute atomic E-state index is 14.2. The number of allylic oxidation sites excluding steroid dienone is 5. The predicted octanol–water partition coefficient (Wildman–Crippen LogP) is 6.76. The first-order valence-corrected chi connectivity index (χ1v) is 16.7. The van der Waals surface area contributed by atoms with Crippen LogP contribution in [0.25, 0.3) is 0 Å². The molecule has 0 aromatic carbocycles. The molecule has 0 spiro atoms. The van der Waals surface area contributed by atoms with Crippen LogP contribution >= 0.6 is 12.0 Å². The lowest BCUT2D eigenvalue weighted by Gasteiger charge is -2.34. The molecule has 2 saturated carbocycles. The Labute approximate surface area is 260 Å². The third-order valence-corrected chi connectivity index (χ3v) is 8.98. The second-order valence-corrected chi connectivity index (χ2v) is 11.9. The van der Waals surface area contributed by atoms with Gasteiger partial charge in [0.05, 0.1) is 13.2 Å². The molecule has 0 aromatic heterocycles. The van der Waals surface area contributed by atoms with E-state index in [1.165, 1.54) is 11.1 Å². The van der Waals surface area contributed by atoms with E-state index in [0.29, 0.717) is 19.4 Å². The molecule has 0 radical (unpaired) electrons. The van der Waals surface area contributed by atoms with Crippen LogP contribution in [0, 0.1) is 11.8 Å². The molecule has 5 aliphatic rings. The molecule has 1 N–H and O–H groups in total. The number of ether oxygens (including phenoxy) is 1. The number of hydrogen-bond donors (Lipinski definition) is 1. The van der Waals surface area contributed by atoms with Crippen LogP contribution in [0.15, 0.2) is 59.9 Å². The van der Waals surface area contributed by atoms with Crippen molar-refractivity contribution in [3.8, 4) is 0 Å². The minimum atomic E-state index is -2.74. The van der Waals surface area contributed by atoms with E-state index in [2.05, 4.69) is 24.6 Å². The Balaban J connectivity index is 0.00000248. The summed E-state index contributed by atoms with van der Waals surface area (Å²) < 4.78 is 39.5. The van der Waals surface area contributed by atoms with E-state index >= 15 is 0 Å². The van der Waals surface area contributed by atoms with E-state index in [1.807, 2.05) is 13.8 Å². The molecule has 4 aliphatic carbocycles. The zero-order chi connectivity index (χ0) is 31.6. The molecule has 2 bridgehead atoms. The average Bonchev–Trinajstić information content (AvgIpc) is 3.75. The van der Waals surface area contributed by atoms with Gasteiger partial charge in [-0.05, 0) is 67.6 Å². The number of nitrogens with zero attached hydrogens (tertiary/aromatic N) is 2. The Morgan fingerprint density at radius 2 is 2.07 bits per heavy atom. The number of hydrogen-bond acceptors (Lipinski definition) is 6. The first kappa shape index (κ1) is 35.1. The largest absolute Gasteiger partial charge is 0.497 e. The second-order valence-electron chi connectivity index (χ2n) is 11.4. The van der Waals surface area contributed by atoms with Gasteiger partial charge in [0, 0.05) is 57.2 Å². The standard InChI is InChI=1S/C31H43F2N3O4S.C2H6/c1-5-8-21(6-2)18-34-30(38)29(26-20-36(26)40-41-4)35(19-22-13-14-31(32,33)17-22)28(37)12-11-24-15-25-10-7-9-23(24)16-27(25)39-3;1-2/h5-6,8,16,22,24,26,29H,1-2,7,9-15,17-20H2,3-4H3,(H,34,38);1-2H3/b21-8+;. The van der Waals surface area contributed by atoms with Crippen LogP contribution in [0.5, 0.6) is 0 Å². The van der Waals surface area contributed by atoms with Gasteiger partial charge in [-0.25, -0.2) is 13.1 Å². The normalized spacial score (nSPS) is 26.4. The first-order valence-electron chi connectivity index (χ1n) is 15.5. The van der Waals surface area contributed by atoms with Gasteiger partial charge in [-0.15, -0.1) is 0 Å². The van der Waals surface area contributed by atoms with Crippen LogP contribution in [-0.2, 0) is 18.6 Å². The van der Waals surface area contributed by atoms with Crippen molar-refractivity contribution in [1.82, 2.24) is 15.3 Å². The van der Waals surface area contributed by atoms with Crippen LogP contribution in [0.2, 0.25) is 0 Å². The molecule has 3 fully saturated rings. The van der Waals surface area contributed by atoms with Crippen molar-refractivity contribution in [1.29, 1.82) is 0 Å². The number of nitrogens with one attached hydrogen (secondary N) is 1. The van der Waals surface area contributed by atoms with Crippen molar-refractivity contribution in [2.24, 2.45) is 11.8 Å². The molecule has 2 amide bonds. The monoisotopic (exact) mass is 621 g/mol. The first-order chi connectivity index (χ1) is 20.7. The fourth-order valence-electron chi connectivity index (χ4n) is 6.45. The van der Waals surface area contributed by atoms with E-state index in [9.17, 15) is 18.4 Å². The average molecular weight is 622 g/mol. The summed E-state index contributed by atoms with van der Waals surface area (Å²) >= 11 is 1.16. The number of methoxy groups -OCH3 is 1. The topological polar surface area (TPSA) is 70.9 Å². The van der Waals surface area contributed by atoms with Gasteiger partial charge in [-0.1, -0.05) is 50.8 Å². The summed E-state index contributed by atoms with van der Waals surface area (Å²) in [7, 11) is 1.70. The van der Waals surface area contributed by atoms with Gasteiger partial charge in [-0.2, -0.15) is 5.06 Å². The molecule has 43 heavy (non-hydrogen) atoms. The van der Waals surface area contributed by atoms with E-state index in [0.717, 1.165) is 49.1 Å². The van der Waals surface area contributed by atoms with Gasteiger partial charge >= 0.3 is 0 Å². The molecule has 240 valence electrons. The maximum Gasteiger partial charge on any atom is 0.248 e. The van der Waals surface area contributed by atoms with Gasteiger partial charge < -0.3 is 15.0 Å². The Hall–Kier alpha value is -2.43. The van der Waals surface area contributed by atoms with E-state index in [-0.39, 0.29) is 62.0 Å². The minimum Gasteiger partial charge on any atom is -0.497 e. The highest BCUT2D eigenvalue weighted by Crippen LogP contribution is 2.42. The van der Waals surface area contributed by atoms with Crippen LogP contribution in [0.1, 0.15) is 71.6 Å². The summed E-state index contributed by atoms with van der Waals surface area (Å²) in [5, 5.41) is 4.61. The van der Waals surface area contributed by atoms with Crippen molar-refractivity contribution in [3.63, 3.8) is 0 Å². The highest BCUT2D eigenvalue weighted by molar-refractivity contribution is 7.93. The summed E-state index contributed by atoms with van der Waals surface area (Å²) in [5.41, 5.74) is 3.37. The molecule has 1 saturated heterocycles. The molecule has 5 unspecified atom stereocenters. The third-order valence-electron chi connectivity index (χ3n) is 8.64. The van der Waals surface area contributed by atoms with Gasteiger partial charge in [0.25, 0.3) is 0 Å². The predicted molar refractivity (Wildman–Crippen MR) is 169 cm³/mol. The highest BCUT2D eigenvalue weighted by atomic mass is 32.2. The zero-order valence-electron chi connectivity index (χ0n) is 26.2. The van der Waals surface area contributed by atoms with E-state index in [1.54, 1.807) is 41.6 Å². The Kier molecular flexibility index (Phi) is 13.5. The van der Waals surface area contributed by atoms with Crippen molar-refractivity contribution in [3.05, 3.63) is 59.9 Å². The van der Waals surface area contributed by atoms with Crippen LogP contribution in [0.3, 0.4) is 0 Å². The smallest absolute Gasteiger partial charge is 0.248 e. The SMILES string of the molecule is C=C/C=C(\C=C)CNC(=O)C(C1CN1OSC)N(CC1CCC(F)(F)C1)C(=O)CCC1CC2=C(OC)C=C1CCC2.CC. The molecular formula is C33H49F2N3O4S. The number of carbonyl (C=O) groups excluding carboxylic acids is 2. The van der Waals surface area contributed by atoms with E-state index < -0.39 is 12.0 Å². The maximum atomic E-state index is 14.2. The van der Waals surface area contributed by atoms with Gasteiger partial charge in [0.1, 0.15) is 11.8 Å². The number of hydroxylamine groups is 2. The number of fused-ring (bicyclic) bond motifs is 4. The summed E-state index contributed by atoms with van der Waals surface area (Å²) in [6, 6.07) is -1.21. The molecule has 10 heteroatoms. The van der Waals surface area contributed by atoms with E-state index in [4.69, 9.17) is 9.02 Å². The summed E-state index contributed by atoms with van der Waals surface area (Å²) in [6.45, 7) is 12.3. The second kappa shape index (κ2) is 16.6. The van der Waals surface area contributed by atoms with Crippen molar-refractivity contribution in [2.75, 3.05) is 33.0 Å². The molecule has 5 atom stereocenters. The lowest BCUT2D eigenvalue weighted by atomic mass is 9.84. The molecule has 1 aliphatic heterocycles. The Bertz CT molecular complexity index is 1110. The number of alkyl halides is 2. The lowest BCUT2D eigenvalue weighted by molar-refractivity contribution is -0.142. The summed E-state index contributed by atoms with van der Waals surface area (Å²) in [5.74, 6) is -2.41. The molecule has 5 rings (SSSR count). The minimum absolute atomic E-state index is 0.124. The number of carbonyl (C=O) groups is 2. The van der Waals surface area contributed by atoms with Crippen LogP contribution < -0.4 is 5.32 Å². The summed E-state index contributed by atoms with van der Waals surface area (Å²) in [4.78, 5) is 29.3. The Morgan fingerprint density at radius 1 is 1.30 bits per heavy atom. The van der Waals surface area contributed by atoms with Gasteiger partial charge in [0.2, 0.25) is 17.7 Å². The highest BCUT2D eigenvalue weighted by Gasteiger charge is 2.51. The van der Waals surface area contributed by atoms with Crippen molar-refractivity contribution in [2.45, 2.75) is 89.6 Å². The number of rotatable bonds is 15. The fraction of sp³-hybridized carbons (Fsp3) is 0.636. The van der Waals surface area contributed by atoms with Crippen LogP contribution in [0.4, 0.5) is 8.78 Å². The zero-order valence-corrected chi connectivity index (χ0v) is 27.0. The van der Waals surface area contributed by atoms with Crippen molar-refractivity contribution >= 4 is 23.9 Å². The third kappa shape index (κ3) is 9.53. The number of amides is 2. The fourth-order valence-corrected chi connectivity index (χ4v) is 6.81. The molecule has 0 aromatic rings. The summed E-state index contributed by atoms with van der Waals surface area (Å²) in [6.07, 6.45) is 13.6. The Morgan fingerprint density at radius 3 is 2.70 bits per heavy atom. The lowest BCUT2D eigenvalue weighted by Crippen LogP contribution is -2.55.